The number of halogens is 1. The molecule has 0 radical (unpaired) electrons. The highest BCUT2D eigenvalue weighted by Gasteiger charge is 1.86. The zero-order valence-electron chi connectivity index (χ0n) is 3.39. The number of hydrogen-bond acceptors (Lipinski definition) is 1. The fourth-order valence-corrected chi connectivity index (χ4v) is 0.413. The standard InChI is InChI=1S/C4H7ClS/c1-2-3-4(5)6/h2,4,6H,1,3H2. The molecule has 0 aliphatic carbocycles. The first-order valence-corrected chi connectivity index (χ1v) is 2.65. The van der Waals surface area contributed by atoms with Gasteiger partial charge in [0.2, 0.25) is 0 Å². The zero-order valence-corrected chi connectivity index (χ0v) is 5.04. The van der Waals surface area contributed by atoms with E-state index in [0.717, 1.165) is 6.42 Å². The molecule has 0 amide bonds. The van der Waals surface area contributed by atoms with Gasteiger partial charge in [-0.1, -0.05) is 6.08 Å². The van der Waals surface area contributed by atoms with Crippen LogP contribution in [-0.4, -0.2) is 4.71 Å². The average Bonchev–Trinajstić information content (AvgIpc) is 1.35. The van der Waals surface area contributed by atoms with Gasteiger partial charge in [-0.2, -0.15) is 12.6 Å². The van der Waals surface area contributed by atoms with Gasteiger partial charge in [-0.3, -0.25) is 0 Å². The van der Waals surface area contributed by atoms with Crippen LogP contribution in [0.15, 0.2) is 12.7 Å². The Hall–Kier alpha value is 0.380. The van der Waals surface area contributed by atoms with Crippen LogP contribution in [0.4, 0.5) is 0 Å². The normalized spacial score (nSPS) is 13.7. The van der Waals surface area contributed by atoms with E-state index < -0.39 is 0 Å². The molecule has 0 aliphatic heterocycles. The number of allylic oxidation sites excluding steroid dienone is 1. The lowest BCUT2D eigenvalue weighted by Crippen LogP contribution is -1.78. The second kappa shape index (κ2) is 3.57. The molecule has 36 valence electrons. The van der Waals surface area contributed by atoms with Crippen LogP contribution in [0.1, 0.15) is 6.42 Å². The number of rotatable bonds is 2. The van der Waals surface area contributed by atoms with Crippen molar-refractivity contribution in [2.75, 3.05) is 0 Å². The molecule has 0 aromatic heterocycles. The van der Waals surface area contributed by atoms with Crippen molar-refractivity contribution in [1.29, 1.82) is 0 Å². The van der Waals surface area contributed by atoms with Crippen molar-refractivity contribution in [3.8, 4) is 0 Å². The van der Waals surface area contributed by atoms with E-state index in [1.807, 2.05) is 0 Å². The summed E-state index contributed by atoms with van der Waals surface area (Å²) in [5, 5.41) is 0. The van der Waals surface area contributed by atoms with Gasteiger partial charge in [0.1, 0.15) is 0 Å². The Morgan fingerprint density at radius 2 is 2.50 bits per heavy atom. The van der Waals surface area contributed by atoms with Gasteiger partial charge in [0.15, 0.2) is 0 Å². The molecule has 0 N–H and O–H groups in total. The molecule has 2 heteroatoms. The summed E-state index contributed by atoms with van der Waals surface area (Å²) in [5.41, 5.74) is 0. The smallest absolute Gasteiger partial charge is 0.0793 e. The second-order valence-corrected chi connectivity index (χ2v) is 2.41. The van der Waals surface area contributed by atoms with Crippen molar-refractivity contribution in [3.05, 3.63) is 12.7 Å². The minimum absolute atomic E-state index is 0.0532. The largest absolute Gasteiger partial charge is 0.159 e. The van der Waals surface area contributed by atoms with Crippen molar-refractivity contribution in [1.82, 2.24) is 0 Å². The molecule has 0 saturated heterocycles. The van der Waals surface area contributed by atoms with Gasteiger partial charge in [0.25, 0.3) is 0 Å². The third kappa shape index (κ3) is 4.38. The van der Waals surface area contributed by atoms with E-state index >= 15 is 0 Å². The highest BCUT2D eigenvalue weighted by Crippen LogP contribution is 2.04. The van der Waals surface area contributed by atoms with Crippen LogP contribution in [0.2, 0.25) is 0 Å². The molecule has 0 aliphatic rings. The minimum atomic E-state index is -0.0532. The summed E-state index contributed by atoms with van der Waals surface area (Å²) in [7, 11) is 0. The first kappa shape index (κ1) is 6.38. The number of thiol groups is 1. The Morgan fingerprint density at radius 1 is 2.00 bits per heavy atom. The maximum Gasteiger partial charge on any atom is 0.0793 e. The fourth-order valence-electron chi connectivity index (χ4n) is 0.138. The Labute approximate surface area is 48.6 Å². The summed E-state index contributed by atoms with van der Waals surface area (Å²) in [6.45, 7) is 3.47. The molecule has 1 atom stereocenters. The molecular formula is C4H7ClS. The van der Waals surface area contributed by atoms with Crippen LogP contribution in [0.25, 0.3) is 0 Å². The Bertz CT molecular complexity index is 42.8. The van der Waals surface area contributed by atoms with Gasteiger partial charge >= 0.3 is 0 Å². The molecule has 6 heavy (non-hydrogen) atoms. The molecule has 0 rings (SSSR count). The Kier molecular flexibility index (Phi) is 3.79. The van der Waals surface area contributed by atoms with E-state index in [0.29, 0.717) is 0 Å². The van der Waals surface area contributed by atoms with Gasteiger partial charge < -0.3 is 0 Å². The minimum Gasteiger partial charge on any atom is -0.159 e. The lowest BCUT2D eigenvalue weighted by Gasteiger charge is -1.88. The molecule has 0 spiro atoms. The summed E-state index contributed by atoms with van der Waals surface area (Å²) in [6.07, 6.45) is 2.51. The van der Waals surface area contributed by atoms with Gasteiger partial charge in [0, 0.05) is 0 Å². The summed E-state index contributed by atoms with van der Waals surface area (Å²) >= 11 is 9.24. The number of alkyl halides is 1. The van der Waals surface area contributed by atoms with Gasteiger partial charge in [-0.05, 0) is 6.42 Å². The van der Waals surface area contributed by atoms with Crippen molar-refractivity contribution in [3.63, 3.8) is 0 Å². The summed E-state index contributed by atoms with van der Waals surface area (Å²) < 4.78 is -0.0532. The molecule has 0 aromatic carbocycles. The van der Waals surface area contributed by atoms with Crippen molar-refractivity contribution < 1.29 is 0 Å². The van der Waals surface area contributed by atoms with Crippen LogP contribution in [0.5, 0.6) is 0 Å². The van der Waals surface area contributed by atoms with Gasteiger partial charge in [-0.15, -0.1) is 18.2 Å². The van der Waals surface area contributed by atoms with E-state index in [2.05, 4.69) is 19.2 Å². The summed E-state index contributed by atoms with van der Waals surface area (Å²) in [6, 6.07) is 0. The quantitative estimate of drug-likeness (QED) is 0.324. The predicted molar refractivity (Wildman–Crippen MR) is 33.4 cm³/mol. The van der Waals surface area contributed by atoms with E-state index in [1.165, 1.54) is 0 Å². The molecule has 0 saturated carbocycles. The highest BCUT2D eigenvalue weighted by molar-refractivity contribution is 7.82. The third-order valence-corrected chi connectivity index (χ3v) is 0.750. The second-order valence-electron chi connectivity index (χ2n) is 0.959. The SMILES string of the molecule is C=CCC(S)Cl. The van der Waals surface area contributed by atoms with Crippen LogP contribution in [0.3, 0.4) is 0 Å². The molecule has 0 bridgehead atoms. The fraction of sp³-hybridized carbons (Fsp3) is 0.500. The average molecular weight is 123 g/mol. The van der Waals surface area contributed by atoms with E-state index in [1.54, 1.807) is 6.08 Å². The molecule has 1 unspecified atom stereocenters. The van der Waals surface area contributed by atoms with Gasteiger partial charge in [0.05, 0.1) is 4.71 Å². The molecule has 0 aromatic rings. The van der Waals surface area contributed by atoms with Crippen molar-refractivity contribution >= 4 is 24.2 Å². The zero-order chi connectivity index (χ0) is 4.99. The number of hydrogen-bond donors (Lipinski definition) is 1. The molecule has 0 fully saturated rings. The molecular weight excluding hydrogens is 116 g/mol. The van der Waals surface area contributed by atoms with Crippen LogP contribution in [0, 0.1) is 0 Å². The maximum atomic E-state index is 5.37. The monoisotopic (exact) mass is 122 g/mol. The first-order chi connectivity index (χ1) is 2.77. The Balaban J connectivity index is 2.81. The van der Waals surface area contributed by atoms with Crippen molar-refractivity contribution in [2.45, 2.75) is 11.1 Å². The van der Waals surface area contributed by atoms with E-state index in [-0.39, 0.29) is 4.71 Å². The van der Waals surface area contributed by atoms with Crippen LogP contribution < -0.4 is 0 Å². The summed E-state index contributed by atoms with van der Waals surface area (Å²) in [4.78, 5) is 0. The van der Waals surface area contributed by atoms with Crippen LogP contribution in [-0.2, 0) is 0 Å². The van der Waals surface area contributed by atoms with Crippen molar-refractivity contribution in [2.24, 2.45) is 0 Å². The maximum absolute atomic E-state index is 5.37. The first-order valence-electron chi connectivity index (χ1n) is 1.70. The highest BCUT2D eigenvalue weighted by atomic mass is 35.5. The lowest BCUT2D eigenvalue weighted by molar-refractivity contribution is 1.18. The Morgan fingerprint density at radius 3 is 2.50 bits per heavy atom. The van der Waals surface area contributed by atoms with Gasteiger partial charge in [-0.25, -0.2) is 0 Å². The van der Waals surface area contributed by atoms with Crippen LogP contribution >= 0.6 is 24.2 Å². The van der Waals surface area contributed by atoms with E-state index in [4.69, 9.17) is 11.6 Å². The molecule has 0 nitrogen and oxygen atoms in total. The lowest BCUT2D eigenvalue weighted by atomic mass is 10.5. The summed E-state index contributed by atoms with van der Waals surface area (Å²) in [5.74, 6) is 0. The topological polar surface area (TPSA) is 0 Å². The predicted octanol–water partition coefficient (Wildman–Crippen LogP) is 2.06. The molecule has 0 heterocycles. The van der Waals surface area contributed by atoms with E-state index in [9.17, 15) is 0 Å². The third-order valence-electron chi connectivity index (χ3n) is 0.361.